The van der Waals surface area contributed by atoms with E-state index in [0.717, 1.165) is 11.1 Å². The Labute approximate surface area is 153 Å². The highest BCUT2D eigenvalue weighted by Gasteiger charge is 2.21. The van der Waals surface area contributed by atoms with Gasteiger partial charge in [-0.15, -0.1) is 0 Å². The summed E-state index contributed by atoms with van der Waals surface area (Å²) in [6.07, 6.45) is 0.216. The predicted octanol–water partition coefficient (Wildman–Crippen LogP) is 4.74. The van der Waals surface area contributed by atoms with Crippen molar-refractivity contribution in [1.29, 1.82) is 0 Å². The highest BCUT2D eigenvalue weighted by Crippen LogP contribution is 2.23. The second-order valence-corrected chi connectivity index (χ2v) is 6.24. The summed E-state index contributed by atoms with van der Waals surface area (Å²) >= 11 is 0. The molecule has 3 heteroatoms. The van der Waals surface area contributed by atoms with E-state index in [1.807, 2.05) is 67.6 Å². The first-order chi connectivity index (χ1) is 12.6. The van der Waals surface area contributed by atoms with Crippen molar-refractivity contribution in [2.45, 2.75) is 19.4 Å². The van der Waals surface area contributed by atoms with Crippen LogP contribution in [0.2, 0.25) is 0 Å². The molecule has 1 amide bonds. The third-order valence-electron chi connectivity index (χ3n) is 4.39. The van der Waals surface area contributed by atoms with Gasteiger partial charge in [0.25, 0.3) is 5.91 Å². The zero-order chi connectivity index (χ0) is 18.4. The van der Waals surface area contributed by atoms with Crippen molar-refractivity contribution in [2.24, 2.45) is 0 Å². The van der Waals surface area contributed by atoms with Crippen molar-refractivity contribution in [1.82, 2.24) is 5.32 Å². The number of ketones is 1. The van der Waals surface area contributed by atoms with Gasteiger partial charge in [-0.25, -0.2) is 0 Å². The van der Waals surface area contributed by atoms with Crippen molar-refractivity contribution in [3.8, 4) is 0 Å². The van der Waals surface area contributed by atoms with Crippen LogP contribution in [0.5, 0.6) is 0 Å². The molecule has 0 unspecified atom stereocenters. The lowest BCUT2D eigenvalue weighted by atomic mass is 9.94. The summed E-state index contributed by atoms with van der Waals surface area (Å²) in [6, 6.07) is 25.7. The third-order valence-corrected chi connectivity index (χ3v) is 4.39. The van der Waals surface area contributed by atoms with Gasteiger partial charge >= 0.3 is 0 Å². The maximum Gasteiger partial charge on any atom is 0.251 e. The number of carbonyl (C=O) groups excluding carboxylic acids is 2. The number of hydrogen-bond donors (Lipinski definition) is 1. The van der Waals surface area contributed by atoms with E-state index >= 15 is 0 Å². The molecule has 1 atom stereocenters. The Bertz CT molecular complexity index is 835. The van der Waals surface area contributed by atoms with Crippen molar-refractivity contribution in [2.75, 3.05) is 0 Å². The Morgan fingerprint density at radius 3 is 1.92 bits per heavy atom. The molecule has 0 radical (unpaired) electrons. The standard InChI is InChI=1S/C23H21NO2/c1-17-10-8-9-15-20(17)21(16-22(25)18-11-4-2-5-12-18)24-23(26)19-13-6-3-7-14-19/h2-15,21H,16H2,1H3,(H,24,26)/t21-/m0/s1. The molecule has 0 saturated carbocycles. The number of rotatable bonds is 6. The van der Waals surface area contributed by atoms with E-state index < -0.39 is 0 Å². The minimum absolute atomic E-state index is 0.00668. The minimum atomic E-state index is -0.378. The minimum Gasteiger partial charge on any atom is -0.345 e. The van der Waals surface area contributed by atoms with Crippen LogP contribution in [-0.4, -0.2) is 11.7 Å². The van der Waals surface area contributed by atoms with E-state index in [1.165, 1.54) is 0 Å². The van der Waals surface area contributed by atoms with Gasteiger partial charge < -0.3 is 5.32 Å². The highest BCUT2D eigenvalue weighted by molar-refractivity contribution is 5.98. The van der Waals surface area contributed by atoms with Crippen LogP contribution >= 0.6 is 0 Å². The Balaban J connectivity index is 1.86. The van der Waals surface area contributed by atoms with Crippen LogP contribution < -0.4 is 5.32 Å². The Morgan fingerprint density at radius 2 is 1.31 bits per heavy atom. The molecule has 0 bridgehead atoms. The van der Waals surface area contributed by atoms with Gasteiger partial charge in [0.05, 0.1) is 6.04 Å². The number of benzene rings is 3. The van der Waals surface area contributed by atoms with Crippen LogP contribution in [0.1, 0.15) is 44.3 Å². The molecule has 3 rings (SSSR count). The SMILES string of the molecule is Cc1ccccc1[C@H](CC(=O)c1ccccc1)NC(=O)c1ccccc1. The van der Waals surface area contributed by atoms with E-state index in [4.69, 9.17) is 0 Å². The molecular formula is C23H21NO2. The normalized spacial score (nSPS) is 11.6. The second kappa shape index (κ2) is 8.26. The number of carbonyl (C=O) groups is 2. The zero-order valence-corrected chi connectivity index (χ0v) is 14.7. The van der Waals surface area contributed by atoms with E-state index in [-0.39, 0.29) is 24.2 Å². The molecule has 0 saturated heterocycles. The van der Waals surface area contributed by atoms with Gasteiger partial charge in [-0.1, -0.05) is 72.8 Å². The molecule has 130 valence electrons. The van der Waals surface area contributed by atoms with Gasteiger partial charge in [0, 0.05) is 17.5 Å². The molecule has 0 spiro atoms. The van der Waals surface area contributed by atoms with Gasteiger partial charge in [-0.2, -0.15) is 0 Å². The van der Waals surface area contributed by atoms with E-state index in [1.54, 1.807) is 24.3 Å². The summed E-state index contributed by atoms with van der Waals surface area (Å²) < 4.78 is 0. The number of Topliss-reactive ketones (excluding diaryl/α,β-unsaturated/α-hetero) is 1. The summed E-state index contributed by atoms with van der Waals surface area (Å²) in [5.74, 6) is -0.174. The average molecular weight is 343 g/mol. The van der Waals surface area contributed by atoms with E-state index in [2.05, 4.69) is 5.32 Å². The Morgan fingerprint density at radius 1 is 0.769 bits per heavy atom. The lowest BCUT2D eigenvalue weighted by Crippen LogP contribution is -2.30. The number of hydrogen-bond acceptors (Lipinski definition) is 2. The number of nitrogens with one attached hydrogen (secondary N) is 1. The topological polar surface area (TPSA) is 46.2 Å². The number of aryl methyl sites for hydroxylation is 1. The molecule has 0 aromatic heterocycles. The lowest BCUT2D eigenvalue weighted by Gasteiger charge is -2.21. The summed E-state index contributed by atoms with van der Waals surface area (Å²) in [7, 11) is 0. The fourth-order valence-corrected chi connectivity index (χ4v) is 2.97. The van der Waals surface area contributed by atoms with E-state index in [9.17, 15) is 9.59 Å². The van der Waals surface area contributed by atoms with Crippen LogP contribution in [-0.2, 0) is 0 Å². The molecule has 3 aromatic carbocycles. The summed E-state index contributed by atoms with van der Waals surface area (Å²) in [6.45, 7) is 1.99. The van der Waals surface area contributed by atoms with Crippen LogP contribution in [0.3, 0.4) is 0 Å². The largest absolute Gasteiger partial charge is 0.345 e. The van der Waals surface area contributed by atoms with Gasteiger partial charge in [-0.05, 0) is 30.2 Å². The molecule has 0 heterocycles. The Kier molecular flexibility index (Phi) is 5.59. The predicted molar refractivity (Wildman–Crippen MR) is 103 cm³/mol. The first-order valence-electron chi connectivity index (χ1n) is 8.65. The smallest absolute Gasteiger partial charge is 0.251 e. The zero-order valence-electron chi connectivity index (χ0n) is 14.7. The van der Waals surface area contributed by atoms with Crippen LogP contribution in [0.15, 0.2) is 84.9 Å². The fourth-order valence-electron chi connectivity index (χ4n) is 2.97. The van der Waals surface area contributed by atoms with E-state index in [0.29, 0.717) is 11.1 Å². The monoisotopic (exact) mass is 343 g/mol. The molecule has 3 aromatic rings. The van der Waals surface area contributed by atoms with Crippen molar-refractivity contribution < 1.29 is 9.59 Å². The first kappa shape index (κ1) is 17.6. The van der Waals surface area contributed by atoms with Gasteiger partial charge in [0.1, 0.15) is 0 Å². The third kappa shape index (κ3) is 4.25. The second-order valence-electron chi connectivity index (χ2n) is 6.24. The molecule has 0 aliphatic heterocycles. The van der Waals surface area contributed by atoms with Crippen molar-refractivity contribution in [3.05, 3.63) is 107 Å². The fraction of sp³-hybridized carbons (Fsp3) is 0.130. The summed E-state index contributed by atoms with van der Waals surface area (Å²) in [5.41, 5.74) is 3.24. The van der Waals surface area contributed by atoms with Gasteiger partial charge in [0.2, 0.25) is 0 Å². The van der Waals surface area contributed by atoms with Crippen molar-refractivity contribution >= 4 is 11.7 Å². The number of amides is 1. The van der Waals surface area contributed by atoms with Gasteiger partial charge in [0.15, 0.2) is 5.78 Å². The average Bonchev–Trinajstić information content (AvgIpc) is 2.69. The maximum absolute atomic E-state index is 12.7. The lowest BCUT2D eigenvalue weighted by molar-refractivity contribution is 0.0912. The molecule has 1 N–H and O–H groups in total. The van der Waals surface area contributed by atoms with Gasteiger partial charge in [-0.3, -0.25) is 9.59 Å². The summed E-state index contributed by atoms with van der Waals surface area (Å²) in [5, 5.41) is 3.03. The molecule has 0 aliphatic carbocycles. The van der Waals surface area contributed by atoms with Crippen LogP contribution in [0.4, 0.5) is 0 Å². The molecule has 26 heavy (non-hydrogen) atoms. The highest BCUT2D eigenvalue weighted by atomic mass is 16.2. The molecule has 0 fully saturated rings. The van der Waals surface area contributed by atoms with Crippen molar-refractivity contribution in [3.63, 3.8) is 0 Å². The maximum atomic E-state index is 12.7. The van der Waals surface area contributed by atoms with Crippen LogP contribution in [0.25, 0.3) is 0 Å². The summed E-state index contributed by atoms with van der Waals surface area (Å²) in [4.78, 5) is 25.3. The Hall–Kier alpha value is -3.20. The molecule has 0 aliphatic rings. The van der Waals surface area contributed by atoms with Crippen LogP contribution in [0, 0.1) is 6.92 Å². The molecular weight excluding hydrogens is 322 g/mol. The molecule has 3 nitrogen and oxygen atoms in total. The first-order valence-corrected chi connectivity index (χ1v) is 8.65. The quantitative estimate of drug-likeness (QED) is 0.657.